The molecule has 7 heteroatoms. The number of alkyl halides is 3. The quantitative estimate of drug-likeness (QED) is 0.886. The predicted molar refractivity (Wildman–Crippen MR) is 69.4 cm³/mol. The van der Waals surface area contributed by atoms with Gasteiger partial charge in [-0.3, -0.25) is 4.79 Å². The van der Waals surface area contributed by atoms with Gasteiger partial charge in [0.2, 0.25) is 5.91 Å². The zero-order valence-electron chi connectivity index (χ0n) is 10.2. The molecule has 0 aliphatic heterocycles. The summed E-state index contributed by atoms with van der Waals surface area (Å²) in [5, 5.41) is 2.20. The Bertz CT molecular complexity index is 443. The van der Waals surface area contributed by atoms with Gasteiger partial charge in [-0.15, -0.1) is 0 Å². The van der Waals surface area contributed by atoms with E-state index < -0.39 is 30.6 Å². The van der Waals surface area contributed by atoms with Crippen molar-refractivity contribution in [3.63, 3.8) is 0 Å². The minimum absolute atomic E-state index is 0.481. The van der Waals surface area contributed by atoms with Gasteiger partial charge in [-0.1, -0.05) is 28.1 Å². The Balaban J connectivity index is 2.66. The van der Waals surface area contributed by atoms with Crippen LogP contribution < -0.4 is 11.1 Å². The molecular weight excluding hydrogens is 325 g/mol. The molecule has 0 saturated carbocycles. The molecule has 1 atom stereocenters. The van der Waals surface area contributed by atoms with E-state index >= 15 is 0 Å². The van der Waals surface area contributed by atoms with Gasteiger partial charge in [0.25, 0.3) is 0 Å². The summed E-state index contributed by atoms with van der Waals surface area (Å²) in [5.74, 6) is -0.640. The average molecular weight is 339 g/mol. The molecule has 1 aromatic rings. The van der Waals surface area contributed by atoms with Crippen molar-refractivity contribution in [2.45, 2.75) is 25.1 Å². The van der Waals surface area contributed by atoms with Crippen molar-refractivity contribution >= 4 is 21.8 Å². The first-order valence-corrected chi connectivity index (χ1v) is 6.32. The molecule has 0 aliphatic carbocycles. The SMILES string of the molecule is CC(N)(C(=O)NCCC(F)(F)F)c1ccc(Br)cc1. The maximum absolute atomic E-state index is 12.0. The number of nitrogens with one attached hydrogen (secondary N) is 1. The van der Waals surface area contributed by atoms with Crippen LogP contribution >= 0.6 is 15.9 Å². The van der Waals surface area contributed by atoms with E-state index in [1.54, 1.807) is 24.3 Å². The summed E-state index contributed by atoms with van der Waals surface area (Å²) in [5.41, 5.74) is 5.03. The number of hydrogen-bond donors (Lipinski definition) is 2. The second kappa shape index (κ2) is 5.92. The van der Waals surface area contributed by atoms with Crippen molar-refractivity contribution in [1.29, 1.82) is 0 Å². The number of halogens is 4. The van der Waals surface area contributed by atoms with Crippen molar-refractivity contribution < 1.29 is 18.0 Å². The first-order chi connectivity index (χ1) is 8.63. The molecule has 0 saturated heterocycles. The van der Waals surface area contributed by atoms with Crippen molar-refractivity contribution in [2.24, 2.45) is 5.73 Å². The fourth-order valence-corrected chi connectivity index (χ4v) is 1.69. The predicted octanol–water partition coefficient (Wildman–Crippen LogP) is 2.69. The molecule has 3 N–H and O–H groups in total. The Morgan fingerprint density at radius 2 is 1.84 bits per heavy atom. The van der Waals surface area contributed by atoms with Gasteiger partial charge in [0.1, 0.15) is 5.54 Å². The van der Waals surface area contributed by atoms with Crippen LogP contribution in [0.2, 0.25) is 0 Å². The smallest absolute Gasteiger partial charge is 0.354 e. The van der Waals surface area contributed by atoms with Crippen LogP contribution in [0, 0.1) is 0 Å². The lowest BCUT2D eigenvalue weighted by Crippen LogP contribution is -2.49. The summed E-state index contributed by atoms with van der Waals surface area (Å²) in [6.07, 6.45) is -5.37. The van der Waals surface area contributed by atoms with Crippen LogP contribution in [0.25, 0.3) is 0 Å². The van der Waals surface area contributed by atoms with Crippen LogP contribution in [0.5, 0.6) is 0 Å². The molecule has 0 spiro atoms. The molecule has 1 aromatic carbocycles. The Kier molecular flexibility index (Phi) is 4.98. The Hall–Kier alpha value is -1.08. The third kappa shape index (κ3) is 4.83. The van der Waals surface area contributed by atoms with E-state index in [9.17, 15) is 18.0 Å². The molecule has 0 radical (unpaired) electrons. The lowest BCUT2D eigenvalue weighted by molar-refractivity contribution is -0.136. The topological polar surface area (TPSA) is 55.1 Å². The van der Waals surface area contributed by atoms with Gasteiger partial charge in [0, 0.05) is 11.0 Å². The molecule has 1 rings (SSSR count). The first-order valence-electron chi connectivity index (χ1n) is 5.53. The lowest BCUT2D eigenvalue weighted by Gasteiger charge is -2.24. The van der Waals surface area contributed by atoms with Crippen LogP contribution in [-0.4, -0.2) is 18.6 Å². The number of hydrogen-bond acceptors (Lipinski definition) is 2. The summed E-state index contributed by atoms with van der Waals surface area (Å²) in [4.78, 5) is 11.8. The summed E-state index contributed by atoms with van der Waals surface area (Å²) in [6.45, 7) is 0.977. The van der Waals surface area contributed by atoms with E-state index in [0.717, 1.165) is 4.47 Å². The third-order valence-electron chi connectivity index (χ3n) is 2.61. The van der Waals surface area contributed by atoms with Crippen molar-refractivity contribution in [1.82, 2.24) is 5.32 Å². The van der Waals surface area contributed by atoms with Gasteiger partial charge in [0.15, 0.2) is 0 Å². The second-order valence-corrected chi connectivity index (χ2v) is 5.25. The van der Waals surface area contributed by atoms with Crippen LogP contribution in [0.1, 0.15) is 18.9 Å². The van der Waals surface area contributed by atoms with Crippen molar-refractivity contribution in [2.75, 3.05) is 6.54 Å². The normalized spacial score (nSPS) is 14.8. The molecule has 3 nitrogen and oxygen atoms in total. The van der Waals surface area contributed by atoms with Crippen LogP contribution in [0.4, 0.5) is 13.2 Å². The van der Waals surface area contributed by atoms with Crippen LogP contribution in [-0.2, 0) is 10.3 Å². The van der Waals surface area contributed by atoms with Crippen molar-refractivity contribution in [3.05, 3.63) is 34.3 Å². The molecule has 0 fully saturated rings. The van der Waals surface area contributed by atoms with Gasteiger partial charge in [0.05, 0.1) is 6.42 Å². The molecular formula is C12H14BrF3N2O. The van der Waals surface area contributed by atoms with Gasteiger partial charge in [-0.25, -0.2) is 0 Å². The van der Waals surface area contributed by atoms with E-state index in [1.165, 1.54) is 6.92 Å². The maximum atomic E-state index is 12.0. The second-order valence-electron chi connectivity index (χ2n) is 4.33. The van der Waals surface area contributed by atoms with E-state index in [-0.39, 0.29) is 0 Å². The van der Waals surface area contributed by atoms with Gasteiger partial charge < -0.3 is 11.1 Å². The van der Waals surface area contributed by atoms with Crippen molar-refractivity contribution in [3.8, 4) is 0 Å². The highest BCUT2D eigenvalue weighted by molar-refractivity contribution is 9.10. The van der Waals surface area contributed by atoms with Crippen LogP contribution in [0.15, 0.2) is 28.7 Å². The highest BCUT2D eigenvalue weighted by Crippen LogP contribution is 2.21. The van der Waals surface area contributed by atoms with E-state index in [0.29, 0.717) is 5.56 Å². The monoisotopic (exact) mass is 338 g/mol. The number of carbonyl (C=O) groups excluding carboxylic acids is 1. The maximum Gasteiger partial charge on any atom is 0.390 e. The Labute approximate surface area is 117 Å². The number of nitrogens with two attached hydrogens (primary N) is 1. The summed E-state index contributed by atoms with van der Waals surface area (Å²) in [7, 11) is 0. The van der Waals surface area contributed by atoms with Crippen LogP contribution in [0.3, 0.4) is 0 Å². The highest BCUT2D eigenvalue weighted by Gasteiger charge is 2.32. The lowest BCUT2D eigenvalue weighted by atomic mass is 9.92. The highest BCUT2D eigenvalue weighted by atomic mass is 79.9. The molecule has 0 bridgehead atoms. The number of benzene rings is 1. The molecule has 0 heterocycles. The molecule has 0 aromatic heterocycles. The molecule has 0 aliphatic rings. The summed E-state index contributed by atoms with van der Waals surface area (Å²) >= 11 is 3.25. The largest absolute Gasteiger partial charge is 0.390 e. The average Bonchev–Trinajstić information content (AvgIpc) is 2.27. The zero-order valence-corrected chi connectivity index (χ0v) is 11.8. The summed E-state index contributed by atoms with van der Waals surface area (Å²) < 4.78 is 36.8. The summed E-state index contributed by atoms with van der Waals surface area (Å²) in [6, 6.07) is 6.72. The Morgan fingerprint density at radius 3 is 2.32 bits per heavy atom. The van der Waals surface area contributed by atoms with Gasteiger partial charge in [-0.05, 0) is 24.6 Å². The minimum atomic E-state index is -4.30. The van der Waals surface area contributed by atoms with E-state index in [2.05, 4.69) is 21.2 Å². The number of rotatable bonds is 4. The van der Waals surface area contributed by atoms with Gasteiger partial charge >= 0.3 is 6.18 Å². The fourth-order valence-electron chi connectivity index (χ4n) is 1.43. The van der Waals surface area contributed by atoms with Gasteiger partial charge in [-0.2, -0.15) is 13.2 Å². The number of carbonyl (C=O) groups is 1. The molecule has 1 amide bonds. The standard InChI is InChI=1S/C12H14BrF3N2O/c1-11(17,8-2-4-9(13)5-3-8)10(19)18-7-6-12(14,15)16/h2-5H,6-7,17H2,1H3,(H,18,19). The molecule has 1 unspecified atom stereocenters. The Morgan fingerprint density at radius 1 is 1.32 bits per heavy atom. The fraction of sp³-hybridized carbons (Fsp3) is 0.417. The first kappa shape index (κ1) is 16.0. The molecule has 106 valence electrons. The third-order valence-corrected chi connectivity index (χ3v) is 3.14. The number of amides is 1. The zero-order chi connectivity index (χ0) is 14.7. The van der Waals surface area contributed by atoms with E-state index in [4.69, 9.17) is 5.73 Å². The minimum Gasteiger partial charge on any atom is -0.354 e. The van der Waals surface area contributed by atoms with E-state index in [1.807, 2.05) is 0 Å². The molecule has 19 heavy (non-hydrogen) atoms.